The number of carbonyl (C=O) groups is 1. The van der Waals surface area contributed by atoms with Crippen LogP contribution in [0.5, 0.6) is 5.75 Å². The molecule has 5 nitrogen and oxygen atoms in total. The third kappa shape index (κ3) is 4.90. The Bertz CT molecular complexity index is 1280. The van der Waals surface area contributed by atoms with Gasteiger partial charge in [0.1, 0.15) is 10.0 Å². The van der Waals surface area contributed by atoms with E-state index < -0.39 is 5.82 Å². The Labute approximate surface area is 214 Å². The van der Waals surface area contributed by atoms with Gasteiger partial charge in [-0.1, -0.05) is 61.9 Å². The Morgan fingerprint density at radius 1 is 1.20 bits per heavy atom. The molecule has 180 valence electrons. The van der Waals surface area contributed by atoms with Gasteiger partial charge >= 0.3 is 0 Å². The Morgan fingerprint density at radius 3 is 2.69 bits per heavy atom. The van der Waals surface area contributed by atoms with Crippen LogP contribution in [-0.2, 0) is 4.79 Å². The van der Waals surface area contributed by atoms with Gasteiger partial charge < -0.3 is 4.74 Å². The normalized spacial score (nSPS) is 17.7. The molecule has 1 aromatic heterocycles. The van der Waals surface area contributed by atoms with Crippen LogP contribution in [0.15, 0.2) is 59.6 Å². The second kappa shape index (κ2) is 10.3. The van der Waals surface area contributed by atoms with Crippen molar-refractivity contribution in [3.05, 3.63) is 71.0 Å². The number of hydrogen-bond donors (Lipinski definition) is 0. The van der Waals surface area contributed by atoms with E-state index in [0.29, 0.717) is 27.1 Å². The molecule has 0 unspecified atom stereocenters. The van der Waals surface area contributed by atoms with E-state index in [0.717, 1.165) is 43.4 Å². The van der Waals surface area contributed by atoms with Crippen molar-refractivity contribution in [3.63, 3.8) is 0 Å². The van der Waals surface area contributed by atoms with Gasteiger partial charge in [-0.05, 0) is 55.7 Å². The number of carbonyl (C=O) groups excluding carboxylic acids is 1. The lowest BCUT2D eigenvalue weighted by molar-refractivity contribution is -0.123. The summed E-state index contributed by atoms with van der Waals surface area (Å²) in [4.78, 5) is 15.6. The average molecular weight is 508 g/mol. The van der Waals surface area contributed by atoms with Gasteiger partial charge in [0.05, 0.1) is 17.2 Å². The first-order valence-corrected chi connectivity index (χ1v) is 13.1. The summed E-state index contributed by atoms with van der Waals surface area (Å²) in [5, 5.41) is 4.76. The molecule has 35 heavy (non-hydrogen) atoms. The molecule has 5 rings (SSSR count). The van der Waals surface area contributed by atoms with E-state index in [1.54, 1.807) is 21.7 Å². The Kier molecular flexibility index (Phi) is 7.02. The molecule has 2 heterocycles. The number of halogens is 1. The first-order valence-electron chi connectivity index (χ1n) is 11.9. The van der Waals surface area contributed by atoms with Crippen molar-refractivity contribution in [1.82, 2.24) is 14.7 Å². The van der Waals surface area contributed by atoms with Crippen LogP contribution in [0.3, 0.4) is 0 Å². The van der Waals surface area contributed by atoms with E-state index in [1.165, 1.54) is 17.8 Å². The van der Waals surface area contributed by atoms with Crippen molar-refractivity contribution >= 4 is 40.3 Å². The van der Waals surface area contributed by atoms with Crippen molar-refractivity contribution in [2.45, 2.75) is 45.1 Å². The molecular weight excluding hydrogens is 481 g/mol. The van der Waals surface area contributed by atoms with Crippen LogP contribution < -0.4 is 4.74 Å². The van der Waals surface area contributed by atoms with Crippen molar-refractivity contribution in [2.24, 2.45) is 0 Å². The van der Waals surface area contributed by atoms with Crippen LogP contribution in [0, 0.1) is 5.82 Å². The number of aromatic nitrogens is 2. The zero-order valence-corrected chi connectivity index (χ0v) is 21.1. The van der Waals surface area contributed by atoms with Crippen LogP contribution in [0.4, 0.5) is 4.39 Å². The number of para-hydroxylation sites is 1. The van der Waals surface area contributed by atoms with Gasteiger partial charge in [-0.3, -0.25) is 9.69 Å². The fraction of sp³-hybridized carbons (Fsp3) is 0.296. The number of hydrogen-bond acceptors (Lipinski definition) is 5. The lowest BCUT2D eigenvalue weighted by Crippen LogP contribution is -2.36. The fourth-order valence-electron chi connectivity index (χ4n) is 4.51. The summed E-state index contributed by atoms with van der Waals surface area (Å²) in [7, 11) is 0. The van der Waals surface area contributed by atoms with Gasteiger partial charge in [0, 0.05) is 23.4 Å². The molecule has 2 fully saturated rings. The van der Waals surface area contributed by atoms with Crippen molar-refractivity contribution in [2.75, 3.05) is 6.61 Å². The maximum absolute atomic E-state index is 14.8. The maximum atomic E-state index is 14.8. The molecule has 1 saturated heterocycles. The Morgan fingerprint density at radius 2 is 1.97 bits per heavy atom. The Balaban J connectivity index is 1.54. The molecule has 0 N–H and O–H groups in total. The molecule has 2 aromatic carbocycles. The van der Waals surface area contributed by atoms with E-state index in [4.69, 9.17) is 22.1 Å². The van der Waals surface area contributed by atoms with E-state index in [-0.39, 0.29) is 17.7 Å². The van der Waals surface area contributed by atoms with Gasteiger partial charge in [-0.15, -0.1) is 0 Å². The summed E-state index contributed by atoms with van der Waals surface area (Å²) >= 11 is 6.89. The minimum absolute atomic E-state index is 0.0557. The predicted molar refractivity (Wildman–Crippen MR) is 142 cm³/mol. The third-order valence-electron chi connectivity index (χ3n) is 6.23. The number of nitrogens with zero attached hydrogens (tertiary/aromatic N) is 3. The lowest BCUT2D eigenvalue weighted by atomic mass is 10.1. The van der Waals surface area contributed by atoms with Crippen LogP contribution >= 0.6 is 24.0 Å². The number of thioether (sulfide) groups is 1. The third-order valence-corrected chi connectivity index (χ3v) is 7.56. The van der Waals surface area contributed by atoms with E-state index in [1.807, 2.05) is 49.5 Å². The standard InChI is InChI=1S/C27H26FN3O2S2/c1-2-14-33-23-13-12-18(15-22(23)28)25-19(17-30(29-25)20-8-4-3-5-9-20)16-24-26(32)31(27(34)35-24)21-10-6-7-11-21/h3-5,8-9,12-13,15-17,21H,2,6-7,10-11,14H2,1H3. The summed E-state index contributed by atoms with van der Waals surface area (Å²) in [5.74, 6) is -0.277. The highest BCUT2D eigenvalue weighted by Gasteiger charge is 2.38. The number of benzene rings is 2. The molecular formula is C27H26FN3O2S2. The summed E-state index contributed by atoms with van der Waals surface area (Å²) in [6.07, 6.45) is 8.72. The molecule has 1 amide bonds. The summed E-state index contributed by atoms with van der Waals surface area (Å²) in [5.41, 5.74) is 2.79. The van der Waals surface area contributed by atoms with Crippen LogP contribution in [-0.4, -0.2) is 37.6 Å². The largest absolute Gasteiger partial charge is 0.491 e. The highest BCUT2D eigenvalue weighted by atomic mass is 32.2. The van der Waals surface area contributed by atoms with Crippen LogP contribution in [0.25, 0.3) is 23.0 Å². The minimum Gasteiger partial charge on any atom is -0.491 e. The van der Waals surface area contributed by atoms with Gasteiger partial charge in [-0.25, -0.2) is 9.07 Å². The molecule has 1 aliphatic heterocycles. The van der Waals surface area contributed by atoms with Gasteiger partial charge in [0.2, 0.25) is 0 Å². The molecule has 2 aliphatic rings. The van der Waals surface area contributed by atoms with Crippen LogP contribution in [0.2, 0.25) is 0 Å². The molecule has 1 aliphatic carbocycles. The predicted octanol–water partition coefficient (Wildman–Crippen LogP) is 6.61. The molecule has 0 radical (unpaired) electrons. The highest BCUT2D eigenvalue weighted by Crippen LogP contribution is 2.39. The SMILES string of the molecule is CCCOc1ccc(-c2nn(-c3ccccc3)cc2C=C2SC(=S)N(C3CCCC3)C2=O)cc1F. The van der Waals surface area contributed by atoms with E-state index >= 15 is 0 Å². The second-order valence-corrected chi connectivity index (χ2v) is 10.4. The summed E-state index contributed by atoms with van der Waals surface area (Å²) < 4.78 is 22.7. The van der Waals surface area contributed by atoms with Crippen molar-refractivity contribution in [1.29, 1.82) is 0 Å². The highest BCUT2D eigenvalue weighted by molar-refractivity contribution is 8.26. The monoisotopic (exact) mass is 507 g/mol. The van der Waals surface area contributed by atoms with E-state index in [9.17, 15) is 9.18 Å². The zero-order chi connectivity index (χ0) is 24.4. The van der Waals surface area contributed by atoms with Crippen molar-refractivity contribution in [3.8, 4) is 22.7 Å². The topological polar surface area (TPSA) is 47.4 Å². The molecule has 8 heteroatoms. The van der Waals surface area contributed by atoms with Gasteiger partial charge in [-0.2, -0.15) is 5.10 Å². The molecule has 0 atom stereocenters. The average Bonchev–Trinajstić information content (AvgIpc) is 3.59. The van der Waals surface area contributed by atoms with Gasteiger partial charge in [0.25, 0.3) is 5.91 Å². The molecule has 3 aromatic rings. The smallest absolute Gasteiger partial charge is 0.266 e. The molecule has 0 spiro atoms. The first-order chi connectivity index (χ1) is 17.0. The van der Waals surface area contributed by atoms with Gasteiger partial charge in [0.15, 0.2) is 11.6 Å². The lowest BCUT2D eigenvalue weighted by Gasteiger charge is -2.21. The number of thiocarbonyl (C=S) groups is 1. The van der Waals surface area contributed by atoms with Crippen molar-refractivity contribution < 1.29 is 13.9 Å². The minimum atomic E-state index is -0.441. The zero-order valence-electron chi connectivity index (χ0n) is 19.4. The number of rotatable bonds is 7. The number of ether oxygens (including phenoxy) is 1. The molecule has 0 bridgehead atoms. The maximum Gasteiger partial charge on any atom is 0.266 e. The van der Waals surface area contributed by atoms with Crippen LogP contribution in [0.1, 0.15) is 44.6 Å². The summed E-state index contributed by atoms with van der Waals surface area (Å²) in [6, 6.07) is 14.7. The fourth-order valence-corrected chi connectivity index (χ4v) is 5.90. The Hall–Kier alpha value is -2.97. The van der Waals surface area contributed by atoms with E-state index in [2.05, 4.69) is 0 Å². The number of amides is 1. The molecule has 1 saturated carbocycles. The first kappa shape index (κ1) is 23.8. The second-order valence-electron chi connectivity index (χ2n) is 8.70. The quantitative estimate of drug-likeness (QED) is 0.266. The summed E-state index contributed by atoms with van der Waals surface area (Å²) in [6.45, 7) is 2.43.